The van der Waals surface area contributed by atoms with Crippen LogP contribution in [0.15, 0.2) is 66.9 Å². The van der Waals surface area contributed by atoms with Gasteiger partial charge in [-0.25, -0.2) is 0 Å². The average Bonchev–Trinajstić information content (AvgIpc) is 2.38. The van der Waals surface area contributed by atoms with Gasteiger partial charge in [0.2, 0.25) is 0 Å². The van der Waals surface area contributed by atoms with Gasteiger partial charge in [-0.05, 0) is 29.3 Å². The molecule has 1 nitrogen and oxygen atoms in total. The zero-order valence-electron chi connectivity index (χ0n) is 9.14. The standard InChI is InChI=1S/C15H15N/c16-12-4-5-13-8-10-15(11-9-13)14-6-2-1-3-7-14/h1-4,6-12H,5,16H2. The lowest BCUT2D eigenvalue weighted by molar-refractivity contribution is 1.26. The predicted molar refractivity (Wildman–Crippen MR) is 68.9 cm³/mol. The van der Waals surface area contributed by atoms with Gasteiger partial charge in [-0.1, -0.05) is 60.7 Å². The lowest BCUT2D eigenvalue weighted by atomic mass is 10.0. The highest BCUT2D eigenvalue weighted by Gasteiger charge is 1.95. The first-order valence-electron chi connectivity index (χ1n) is 5.41. The van der Waals surface area contributed by atoms with E-state index in [4.69, 9.17) is 5.73 Å². The van der Waals surface area contributed by atoms with Crippen LogP contribution in [0.25, 0.3) is 11.1 Å². The maximum absolute atomic E-state index is 5.32. The second-order valence-electron chi connectivity index (χ2n) is 3.70. The Balaban J connectivity index is 2.20. The highest BCUT2D eigenvalue weighted by molar-refractivity contribution is 5.63. The van der Waals surface area contributed by atoms with Gasteiger partial charge in [0.1, 0.15) is 0 Å². The molecule has 0 radical (unpaired) electrons. The van der Waals surface area contributed by atoms with Gasteiger partial charge in [0.05, 0.1) is 0 Å². The third-order valence-corrected chi connectivity index (χ3v) is 2.55. The third kappa shape index (κ3) is 2.51. The highest BCUT2D eigenvalue weighted by Crippen LogP contribution is 2.19. The monoisotopic (exact) mass is 209 g/mol. The minimum Gasteiger partial charge on any atom is -0.405 e. The number of allylic oxidation sites excluding steroid dienone is 1. The Labute approximate surface area is 96.2 Å². The average molecular weight is 209 g/mol. The Kier molecular flexibility index (Phi) is 3.39. The Bertz CT molecular complexity index is 455. The van der Waals surface area contributed by atoms with Crippen molar-refractivity contribution in [3.05, 3.63) is 72.4 Å². The van der Waals surface area contributed by atoms with Crippen molar-refractivity contribution in [3.63, 3.8) is 0 Å². The van der Waals surface area contributed by atoms with Crippen molar-refractivity contribution in [2.75, 3.05) is 0 Å². The van der Waals surface area contributed by atoms with Crippen molar-refractivity contribution in [2.24, 2.45) is 5.73 Å². The van der Waals surface area contributed by atoms with E-state index in [9.17, 15) is 0 Å². The second kappa shape index (κ2) is 5.17. The number of hydrogen-bond acceptors (Lipinski definition) is 1. The highest BCUT2D eigenvalue weighted by atomic mass is 14.5. The van der Waals surface area contributed by atoms with E-state index in [2.05, 4.69) is 48.5 Å². The molecule has 2 aromatic rings. The largest absolute Gasteiger partial charge is 0.405 e. The number of rotatable bonds is 3. The predicted octanol–water partition coefficient (Wildman–Crippen LogP) is 3.37. The molecule has 0 saturated heterocycles. The van der Waals surface area contributed by atoms with Gasteiger partial charge in [-0.15, -0.1) is 0 Å². The van der Waals surface area contributed by atoms with E-state index in [-0.39, 0.29) is 0 Å². The minimum atomic E-state index is 0.894. The molecule has 0 aliphatic rings. The molecule has 0 spiro atoms. The van der Waals surface area contributed by atoms with Crippen molar-refractivity contribution < 1.29 is 0 Å². The molecule has 2 rings (SSSR count). The maximum atomic E-state index is 5.32. The van der Waals surface area contributed by atoms with Crippen molar-refractivity contribution >= 4 is 0 Å². The number of nitrogens with two attached hydrogens (primary N) is 1. The van der Waals surface area contributed by atoms with Gasteiger partial charge < -0.3 is 5.73 Å². The summed E-state index contributed by atoms with van der Waals surface area (Å²) in [5.74, 6) is 0. The molecule has 1 heteroatoms. The fraction of sp³-hybridized carbons (Fsp3) is 0.0667. The Morgan fingerprint density at radius 2 is 1.44 bits per heavy atom. The molecule has 2 N–H and O–H groups in total. The van der Waals surface area contributed by atoms with E-state index in [1.807, 2.05) is 12.1 Å². The molecule has 0 unspecified atom stereocenters. The summed E-state index contributed by atoms with van der Waals surface area (Å²) < 4.78 is 0. The quantitative estimate of drug-likeness (QED) is 0.824. The first-order chi connectivity index (χ1) is 7.90. The van der Waals surface area contributed by atoms with Gasteiger partial charge in [-0.3, -0.25) is 0 Å². The molecule has 0 aliphatic heterocycles. The van der Waals surface area contributed by atoms with Crippen LogP contribution in [0, 0.1) is 0 Å². The lowest BCUT2D eigenvalue weighted by Gasteiger charge is -2.02. The molecular weight excluding hydrogens is 194 g/mol. The fourth-order valence-electron chi connectivity index (χ4n) is 1.67. The van der Waals surface area contributed by atoms with Crippen LogP contribution in [0.4, 0.5) is 0 Å². The summed E-state index contributed by atoms with van der Waals surface area (Å²) in [6.45, 7) is 0. The molecule has 0 heterocycles. The van der Waals surface area contributed by atoms with Crippen molar-refractivity contribution in [1.29, 1.82) is 0 Å². The van der Waals surface area contributed by atoms with Crippen LogP contribution in [-0.2, 0) is 6.42 Å². The number of hydrogen-bond donors (Lipinski definition) is 1. The Morgan fingerprint density at radius 3 is 2.06 bits per heavy atom. The zero-order chi connectivity index (χ0) is 11.2. The van der Waals surface area contributed by atoms with Gasteiger partial charge in [0, 0.05) is 0 Å². The lowest BCUT2D eigenvalue weighted by Crippen LogP contribution is -1.84. The van der Waals surface area contributed by atoms with Crippen molar-refractivity contribution in [3.8, 4) is 11.1 Å². The van der Waals surface area contributed by atoms with Crippen molar-refractivity contribution in [1.82, 2.24) is 0 Å². The normalized spacial score (nSPS) is 10.8. The SMILES string of the molecule is NC=CCc1ccc(-c2ccccc2)cc1. The summed E-state index contributed by atoms with van der Waals surface area (Å²) in [7, 11) is 0. The molecule has 0 amide bonds. The van der Waals surface area contributed by atoms with Crippen LogP contribution in [0.5, 0.6) is 0 Å². The van der Waals surface area contributed by atoms with Crippen LogP contribution in [0.1, 0.15) is 5.56 Å². The van der Waals surface area contributed by atoms with Crippen LogP contribution >= 0.6 is 0 Å². The van der Waals surface area contributed by atoms with E-state index < -0.39 is 0 Å². The third-order valence-electron chi connectivity index (χ3n) is 2.55. The van der Waals surface area contributed by atoms with Crippen LogP contribution in [-0.4, -0.2) is 0 Å². The first-order valence-corrected chi connectivity index (χ1v) is 5.41. The van der Waals surface area contributed by atoms with Gasteiger partial charge >= 0.3 is 0 Å². The van der Waals surface area contributed by atoms with Crippen LogP contribution in [0.2, 0.25) is 0 Å². The van der Waals surface area contributed by atoms with Gasteiger partial charge in [0.25, 0.3) is 0 Å². The molecule has 0 aromatic heterocycles. The van der Waals surface area contributed by atoms with E-state index >= 15 is 0 Å². The molecular formula is C15H15N. The summed E-state index contributed by atoms with van der Waals surface area (Å²) in [5, 5.41) is 0. The summed E-state index contributed by atoms with van der Waals surface area (Å²) in [5.41, 5.74) is 9.10. The fourth-order valence-corrected chi connectivity index (χ4v) is 1.67. The number of benzene rings is 2. The molecule has 2 aromatic carbocycles. The van der Waals surface area contributed by atoms with E-state index in [1.54, 1.807) is 6.20 Å². The molecule has 0 fully saturated rings. The Morgan fingerprint density at radius 1 is 0.812 bits per heavy atom. The molecule has 0 bridgehead atoms. The van der Waals surface area contributed by atoms with Crippen molar-refractivity contribution in [2.45, 2.75) is 6.42 Å². The van der Waals surface area contributed by atoms with E-state index in [0.717, 1.165) is 6.42 Å². The van der Waals surface area contributed by atoms with E-state index in [1.165, 1.54) is 16.7 Å². The Hall–Kier alpha value is -2.02. The molecule has 0 atom stereocenters. The first kappa shape index (κ1) is 10.5. The topological polar surface area (TPSA) is 26.0 Å². The maximum Gasteiger partial charge on any atom is -0.00803 e. The molecule has 0 aliphatic carbocycles. The van der Waals surface area contributed by atoms with Crippen LogP contribution < -0.4 is 5.73 Å². The molecule has 0 saturated carbocycles. The smallest absolute Gasteiger partial charge is 0.00803 e. The van der Waals surface area contributed by atoms with E-state index in [0.29, 0.717) is 0 Å². The summed E-state index contributed by atoms with van der Waals surface area (Å²) in [4.78, 5) is 0. The van der Waals surface area contributed by atoms with Crippen LogP contribution in [0.3, 0.4) is 0 Å². The molecule has 16 heavy (non-hydrogen) atoms. The zero-order valence-corrected chi connectivity index (χ0v) is 9.14. The minimum absolute atomic E-state index is 0.894. The summed E-state index contributed by atoms with van der Waals surface area (Å²) in [6.07, 6.45) is 4.44. The van der Waals surface area contributed by atoms with Gasteiger partial charge in [0.15, 0.2) is 0 Å². The summed E-state index contributed by atoms with van der Waals surface area (Å²) >= 11 is 0. The second-order valence-corrected chi connectivity index (χ2v) is 3.70. The molecule has 80 valence electrons. The van der Waals surface area contributed by atoms with Gasteiger partial charge in [-0.2, -0.15) is 0 Å². The summed E-state index contributed by atoms with van der Waals surface area (Å²) in [6, 6.07) is 19.0.